The van der Waals surface area contributed by atoms with E-state index < -0.39 is 0 Å². The van der Waals surface area contributed by atoms with Crippen molar-refractivity contribution in [3.8, 4) is 0 Å². The van der Waals surface area contributed by atoms with E-state index in [-0.39, 0.29) is 23.2 Å². The van der Waals surface area contributed by atoms with E-state index in [0.717, 1.165) is 18.4 Å². The molecule has 2 saturated carbocycles. The lowest BCUT2D eigenvalue weighted by Gasteiger charge is -2.36. The Labute approximate surface area is 130 Å². The SMILES string of the molecule is CC1Cc2c(Cl)c(Br)cc(F)c2CN1C(=O)C12CC1C2. The van der Waals surface area contributed by atoms with Crippen molar-refractivity contribution in [1.82, 2.24) is 4.90 Å². The van der Waals surface area contributed by atoms with Gasteiger partial charge in [0.2, 0.25) is 5.91 Å². The average Bonchev–Trinajstić information content (AvgIpc) is 3.24. The molecule has 1 amide bonds. The molecule has 2 aliphatic carbocycles. The number of fused-ring (bicyclic) bond motifs is 2. The molecular weight excluding hydrogens is 345 g/mol. The number of hydrogen-bond donors (Lipinski definition) is 0. The zero-order valence-corrected chi connectivity index (χ0v) is 13.4. The summed E-state index contributed by atoms with van der Waals surface area (Å²) in [6, 6.07) is 1.48. The van der Waals surface area contributed by atoms with E-state index in [4.69, 9.17) is 11.6 Å². The van der Waals surface area contributed by atoms with E-state index in [1.165, 1.54) is 6.07 Å². The second kappa shape index (κ2) is 3.98. The summed E-state index contributed by atoms with van der Waals surface area (Å²) in [6.07, 6.45) is 2.69. The van der Waals surface area contributed by atoms with Gasteiger partial charge in [-0.2, -0.15) is 0 Å². The van der Waals surface area contributed by atoms with Gasteiger partial charge in [0.1, 0.15) is 5.82 Å². The molecule has 1 aromatic carbocycles. The molecule has 0 radical (unpaired) electrons. The first-order valence-electron chi connectivity index (χ1n) is 6.90. The van der Waals surface area contributed by atoms with Gasteiger partial charge in [-0.1, -0.05) is 11.6 Å². The van der Waals surface area contributed by atoms with Gasteiger partial charge in [0, 0.05) is 22.6 Å². The van der Waals surface area contributed by atoms with E-state index in [2.05, 4.69) is 15.9 Å². The zero-order valence-electron chi connectivity index (χ0n) is 11.0. The van der Waals surface area contributed by atoms with Crippen molar-refractivity contribution in [2.45, 2.75) is 38.8 Å². The minimum Gasteiger partial charge on any atom is -0.335 e. The summed E-state index contributed by atoms with van der Waals surface area (Å²) in [4.78, 5) is 14.4. The highest BCUT2D eigenvalue weighted by atomic mass is 79.9. The van der Waals surface area contributed by atoms with Gasteiger partial charge in [-0.25, -0.2) is 4.39 Å². The lowest BCUT2D eigenvalue weighted by molar-refractivity contribution is -0.138. The Hall–Kier alpha value is -0.610. The van der Waals surface area contributed by atoms with Crippen LogP contribution in [0, 0.1) is 17.2 Å². The molecule has 0 N–H and O–H groups in total. The fourth-order valence-electron chi connectivity index (χ4n) is 3.41. The van der Waals surface area contributed by atoms with Crippen molar-refractivity contribution >= 4 is 33.4 Å². The van der Waals surface area contributed by atoms with Gasteiger partial charge in [0.25, 0.3) is 0 Å². The summed E-state index contributed by atoms with van der Waals surface area (Å²) in [5.41, 5.74) is 1.37. The lowest BCUT2D eigenvalue weighted by Crippen LogP contribution is -2.45. The van der Waals surface area contributed by atoms with Crippen LogP contribution in [0.15, 0.2) is 10.5 Å². The van der Waals surface area contributed by atoms with Crippen molar-refractivity contribution in [3.63, 3.8) is 0 Å². The maximum Gasteiger partial charge on any atom is 0.229 e. The zero-order chi connectivity index (χ0) is 14.2. The standard InChI is InChI=1S/C15H14BrClFNO/c1-7-2-9-10(12(18)3-11(16)13(9)17)6-19(7)14(20)15-4-8(15)5-15/h3,7-8H,2,4-6H2,1H3. The molecule has 3 aliphatic rings. The second-order valence-corrected chi connectivity index (χ2v) is 7.59. The normalized spacial score (nSPS) is 33.5. The molecule has 106 valence electrons. The van der Waals surface area contributed by atoms with E-state index in [1.54, 1.807) is 0 Å². The first-order chi connectivity index (χ1) is 9.44. The molecule has 0 saturated heterocycles. The molecule has 1 atom stereocenters. The number of hydrogen-bond acceptors (Lipinski definition) is 1. The van der Waals surface area contributed by atoms with Crippen LogP contribution in [0.4, 0.5) is 4.39 Å². The molecule has 0 spiro atoms. The third-order valence-corrected chi connectivity index (χ3v) is 6.40. The predicted octanol–water partition coefficient (Wildman–Crippen LogP) is 3.92. The van der Waals surface area contributed by atoms with Crippen molar-refractivity contribution in [1.29, 1.82) is 0 Å². The fourth-order valence-corrected chi connectivity index (χ4v) is 4.09. The van der Waals surface area contributed by atoms with Crippen molar-refractivity contribution < 1.29 is 9.18 Å². The molecule has 1 aromatic rings. The number of halogens is 3. The van der Waals surface area contributed by atoms with Crippen LogP contribution in [-0.2, 0) is 17.8 Å². The molecule has 2 fully saturated rings. The van der Waals surface area contributed by atoms with Crippen molar-refractivity contribution in [2.75, 3.05) is 0 Å². The molecular formula is C15H14BrClFNO. The Kier molecular flexibility index (Phi) is 2.60. The Balaban J connectivity index is 1.71. The molecule has 4 rings (SSSR count). The van der Waals surface area contributed by atoms with Crippen LogP contribution in [0.3, 0.4) is 0 Å². The van der Waals surface area contributed by atoms with E-state index in [9.17, 15) is 9.18 Å². The number of carbonyl (C=O) groups is 1. The van der Waals surface area contributed by atoms with E-state index >= 15 is 0 Å². The van der Waals surface area contributed by atoms with Crippen LogP contribution in [0.1, 0.15) is 30.9 Å². The molecule has 1 heterocycles. The second-order valence-electron chi connectivity index (χ2n) is 6.36. The highest BCUT2D eigenvalue weighted by molar-refractivity contribution is 9.10. The van der Waals surface area contributed by atoms with Crippen LogP contribution in [0.5, 0.6) is 0 Å². The number of amides is 1. The molecule has 20 heavy (non-hydrogen) atoms. The third-order valence-electron chi connectivity index (χ3n) is 5.11. The lowest BCUT2D eigenvalue weighted by atomic mass is 9.93. The van der Waals surface area contributed by atoms with Crippen LogP contribution in [0.25, 0.3) is 0 Å². The topological polar surface area (TPSA) is 20.3 Å². The van der Waals surface area contributed by atoms with Crippen molar-refractivity contribution in [3.05, 3.63) is 32.5 Å². The van der Waals surface area contributed by atoms with Gasteiger partial charge in [-0.05, 0) is 59.7 Å². The number of nitrogens with zero attached hydrogens (tertiary/aromatic N) is 1. The highest BCUT2D eigenvalue weighted by Gasteiger charge is 2.75. The van der Waals surface area contributed by atoms with E-state index in [0.29, 0.717) is 33.9 Å². The predicted molar refractivity (Wildman–Crippen MR) is 78.0 cm³/mol. The summed E-state index contributed by atoms with van der Waals surface area (Å²) in [7, 11) is 0. The van der Waals surface area contributed by atoms with Gasteiger partial charge >= 0.3 is 0 Å². The van der Waals surface area contributed by atoms with Gasteiger partial charge in [-0.3, -0.25) is 4.79 Å². The third kappa shape index (κ3) is 1.64. The molecule has 1 aliphatic heterocycles. The fraction of sp³-hybridized carbons (Fsp3) is 0.533. The summed E-state index contributed by atoms with van der Waals surface area (Å²) in [5.74, 6) is 0.558. The van der Waals surface area contributed by atoms with Crippen LogP contribution >= 0.6 is 27.5 Å². The Morgan fingerprint density at radius 3 is 2.75 bits per heavy atom. The highest BCUT2D eigenvalue weighted by Crippen LogP contribution is 2.76. The summed E-state index contributed by atoms with van der Waals surface area (Å²) in [6.45, 7) is 2.37. The summed E-state index contributed by atoms with van der Waals surface area (Å²) < 4.78 is 14.8. The maximum absolute atomic E-state index is 14.2. The molecule has 5 heteroatoms. The largest absolute Gasteiger partial charge is 0.335 e. The van der Waals surface area contributed by atoms with E-state index in [1.807, 2.05) is 11.8 Å². The summed E-state index contributed by atoms with van der Waals surface area (Å²) >= 11 is 9.55. The number of rotatable bonds is 1. The molecule has 0 bridgehead atoms. The molecule has 0 aromatic heterocycles. The Morgan fingerprint density at radius 2 is 2.15 bits per heavy atom. The Bertz CT molecular complexity index is 641. The van der Waals surface area contributed by atoms with Gasteiger partial charge < -0.3 is 4.90 Å². The smallest absolute Gasteiger partial charge is 0.229 e. The first kappa shape index (κ1) is 13.1. The number of benzene rings is 1. The number of carbonyl (C=O) groups excluding carboxylic acids is 1. The van der Waals surface area contributed by atoms with Crippen LogP contribution < -0.4 is 0 Å². The average molecular weight is 359 g/mol. The van der Waals surface area contributed by atoms with Crippen LogP contribution in [-0.4, -0.2) is 16.8 Å². The Morgan fingerprint density at radius 1 is 1.50 bits per heavy atom. The van der Waals surface area contributed by atoms with Gasteiger partial charge in [0.15, 0.2) is 0 Å². The monoisotopic (exact) mass is 357 g/mol. The van der Waals surface area contributed by atoms with Gasteiger partial charge in [0.05, 0.1) is 10.4 Å². The maximum atomic E-state index is 14.2. The molecule has 1 unspecified atom stereocenters. The van der Waals surface area contributed by atoms with Crippen molar-refractivity contribution in [2.24, 2.45) is 11.3 Å². The quantitative estimate of drug-likeness (QED) is 0.697. The van der Waals surface area contributed by atoms with Gasteiger partial charge in [-0.15, -0.1) is 0 Å². The van der Waals surface area contributed by atoms with Crippen LogP contribution in [0.2, 0.25) is 5.02 Å². The molecule has 2 nitrogen and oxygen atoms in total. The summed E-state index contributed by atoms with van der Waals surface area (Å²) in [5, 5.41) is 0.578. The minimum absolute atomic E-state index is 0.0542. The first-order valence-corrected chi connectivity index (χ1v) is 8.07. The minimum atomic E-state index is -0.276.